The molecule has 0 aromatic heterocycles. The zero-order chi connectivity index (χ0) is 14.5. The van der Waals surface area contributed by atoms with Crippen molar-refractivity contribution in [3.8, 4) is 0 Å². The van der Waals surface area contributed by atoms with Crippen LogP contribution in [0.4, 0.5) is 11.4 Å². The van der Waals surface area contributed by atoms with E-state index in [2.05, 4.69) is 26.6 Å². The van der Waals surface area contributed by atoms with Gasteiger partial charge in [-0.3, -0.25) is 4.79 Å². The van der Waals surface area contributed by atoms with Gasteiger partial charge in [-0.15, -0.1) is 0 Å². The number of nitrogens with one attached hydrogen (secondary N) is 2. The van der Waals surface area contributed by atoms with Gasteiger partial charge in [0, 0.05) is 20.9 Å². The standard InChI is InChI=1S/C15H14BrClN2O/c1-10-7-11(16)5-6-14(10)18-9-15(20)19-13-4-2-3-12(17)8-13/h2-8,18H,9H2,1H3,(H,19,20). The lowest BCUT2D eigenvalue weighted by atomic mass is 10.2. The third-order valence-electron chi connectivity index (χ3n) is 2.74. The van der Waals surface area contributed by atoms with Gasteiger partial charge in [0.25, 0.3) is 0 Å². The molecule has 104 valence electrons. The van der Waals surface area contributed by atoms with Crippen molar-refractivity contribution < 1.29 is 4.79 Å². The Morgan fingerprint density at radius 3 is 2.75 bits per heavy atom. The molecule has 0 heterocycles. The van der Waals surface area contributed by atoms with Crippen LogP contribution < -0.4 is 10.6 Å². The fourth-order valence-electron chi connectivity index (χ4n) is 1.77. The Morgan fingerprint density at radius 1 is 1.25 bits per heavy atom. The van der Waals surface area contributed by atoms with E-state index in [0.717, 1.165) is 15.7 Å². The van der Waals surface area contributed by atoms with E-state index in [1.54, 1.807) is 24.3 Å². The van der Waals surface area contributed by atoms with Crippen molar-refractivity contribution in [2.45, 2.75) is 6.92 Å². The summed E-state index contributed by atoms with van der Waals surface area (Å²) in [7, 11) is 0. The van der Waals surface area contributed by atoms with Crippen LogP contribution in [0.5, 0.6) is 0 Å². The summed E-state index contributed by atoms with van der Waals surface area (Å²) >= 11 is 9.27. The minimum Gasteiger partial charge on any atom is -0.376 e. The van der Waals surface area contributed by atoms with Gasteiger partial charge in [-0.2, -0.15) is 0 Å². The number of anilines is 2. The van der Waals surface area contributed by atoms with Crippen LogP contribution in [0.25, 0.3) is 0 Å². The molecule has 20 heavy (non-hydrogen) atoms. The summed E-state index contributed by atoms with van der Waals surface area (Å²) in [6.07, 6.45) is 0. The lowest BCUT2D eigenvalue weighted by molar-refractivity contribution is -0.114. The van der Waals surface area contributed by atoms with Crippen molar-refractivity contribution in [2.24, 2.45) is 0 Å². The van der Waals surface area contributed by atoms with Crippen LogP contribution in [0.1, 0.15) is 5.56 Å². The summed E-state index contributed by atoms with van der Waals surface area (Å²) in [5, 5.41) is 6.49. The molecular weight excluding hydrogens is 340 g/mol. The minimum absolute atomic E-state index is 0.116. The maximum Gasteiger partial charge on any atom is 0.243 e. The Morgan fingerprint density at radius 2 is 2.05 bits per heavy atom. The Bertz CT molecular complexity index is 631. The van der Waals surface area contributed by atoms with Crippen LogP contribution in [-0.4, -0.2) is 12.5 Å². The second-order valence-electron chi connectivity index (χ2n) is 4.37. The second-order valence-corrected chi connectivity index (χ2v) is 5.72. The largest absolute Gasteiger partial charge is 0.376 e. The van der Waals surface area contributed by atoms with E-state index in [0.29, 0.717) is 10.7 Å². The molecule has 0 bridgehead atoms. The average Bonchev–Trinajstić information content (AvgIpc) is 2.37. The number of carbonyl (C=O) groups excluding carboxylic acids is 1. The van der Waals surface area contributed by atoms with Gasteiger partial charge in [-0.05, 0) is 48.9 Å². The molecule has 0 saturated carbocycles. The molecule has 0 fully saturated rings. The summed E-state index contributed by atoms with van der Waals surface area (Å²) in [6.45, 7) is 2.19. The molecule has 0 spiro atoms. The molecule has 0 unspecified atom stereocenters. The van der Waals surface area contributed by atoms with E-state index in [-0.39, 0.29) is 12.5 Å². The number of rotatable bonds is 4. The Labute approximate surface area is 131 Å². The van der Waals surface area contributed by atoms with Gasteiger partial charge in [-0.1, -0.05) is 33.6 Å². The van der Waals surface area contributed by atoms with E-state index >= 15 is 0 Å². The highest BCUT2D eigenvalue weighted by Gasteiger charge is 2.04. The molecule has 3 nitrogen and oxygen atoms in total. The van der Waals surface area contributed by atoms with Crippen molar-refractivity contribution >= 4 is 44.8 Å². The number of halogens is 2. The van der Waals surface area contributed by atoms with Crippen LogP contribution in [0.15, 0.2) is 46.9 Å². The zero-order valence-corrected chi connectivity index (χ0v) is 13.3. The summed E-state index contributed by atoms with van der Waals surface area (Å²) in [5.41, 5.74) is 2.71. The van der Waals surface area contributed by atoms with Crippen molar-refractivity contribution in [3.05, 3.63) is 57.5 Å². The first-order valence-electron chi connectivity index (χ1n) is 6.10. The lowest BCUT2D eigenvalue weighted by Gasteiger charge is -2.10. The minimum atomic E-state index is -0.116. The topological polar surface area (TPSA) is 41.1 Å². The van der Waals surface area contributed by atoms with Gasteiger partial charge < -0.3 is 10.6 Å². The van der Waals surface area contributed by atoms with Crippen molar-refractivity contribution in [3.63, 3.8) is 0 Å². The molecular formula is C15H14BrClN2O. The van der Waals surface area contributed by atoms with Gasteiger partial charge in [0.2, 0.25) is 5.91 Å². The van der Waals surface area contributed by atoms with Crippen molar-refractivity contribution in [1.29, 1.82) is 0 Å². The summed E-state index contributed by atoms with van der Waals surface area (Å²) in [4.78, 5) is 11.8. The molecule has 2 rings (SSSR count). The van der Waals surface area contributed by atoms with E-state index in [4.69, 9.17) is 11.6 Å². The molecule has 0 saturated heterocycles. The number of benzene rings is 2. The molecule has 0 atom stereocenters. The smallest absolute Gasteiger partial charge is 0.243 e. The quantitative estimate of drug-likeness (QED) is 0.852. The van der Waals surface area contributed by atoms with E-state index in [9.17, 15) is 4.79 Å². The Hall–Kier alpha value is -1.52. The number of hydrogen-bond donors (Lipinski definition) is 2. The fourth-order valence-corrected chi connectivity index (χ4v) is 2.44. The van der Waals surface area contributed by atoms with E-state index in [1.165, 1.54) is 0 Å². The van der Waals surface area contributed by atoms with E-state index < -0.39 is 0 Å². The molecule has 2 N–H and O–H groups in total. The monoisotopic (exact) mass is 352 g/mol. The highest BCUT2D eigenvalue weighted by Crippen LogP contribution is 2.20. The van der Waals surface area contributed by atoms with Gasteiger partial charge in [0.15, 0.2) is 0 Å². The number of amides is 1. The lowest BCUT2D eigenvalue weighted by Crippen LogP contribution is -2.22. The third kappa shape index (κ3) is 4.25. The first kappa shape index (κ1) is 14.9. The molecule has 0 radical (unpaired) electrons. The Balaban J connectivity index is 1.92. The first-order chi connectivity index (χ1) is 9.54. The van der Waals surface area contributed by atoms with Crippen LogP contribution in [0.3, 0.4) is 0 Å². The molecule has 0 aliphatic carbocycles. The summed E-state index contributed by atoms with van der Waals surface area (Å²) in [6, 6.07) is 12.9. The van der Waals surface area contributed by atoms with Crippen LogP contribution in [0, 0.1) is 6.92 Å². The van der Waals surface area contributed by atoms with Gasteiger partial charge in [0.1, 0.15) is 0 Å². The normalized spacial score (nSPS) is 10.2. The average molecular weight is 354 g/mol. The molecule has 0 aliphatic heterocycles. The zero-order valence-electron chi connectivity index (χ0n) is 10.9. The molecule has 5 heteroatoms. The van der Waals surface area contributed by atoms with Crippen LogP contribution in [-0.2, 0) is 4.79 Å². The highest BCUT2D eigenvalue weighted by atomic mass is 79.9. The maximum atomic E-state index is 11.8. The predicted molar refractivity (Wildman–Crippen MR) is 87.5 cm³/mol. The van der Waals surface area contributed by atoms with Crippen LogP contribution in [0.2, 0.25) is 5.02 Å². The van der Waals surface area contributed by atoms with Crippen molar-refractivity contribution in [1.82, 2.24) is 0 Å². The summed E-state index contributed by atoms with van der Waals surface area (Å²) < 4.78 is 1.02. The molecule has 1 amide bonds. The molecule has 2 aromatic rings. The number of carbonyl (C=O) groups is 1. The maximum absolute atomic E-state index is 11.8. The summed E-state index contributed by atoms with van der Waals surface area (Å²) in [5.74, 6) is -0.116. The van der Waals surface area contributed by atoms with Gasteiger partial charge in [-0.25, -0.2) is 0 Å². The highest BCUT2D eigenvalue weighted by molar-refractivity contribution is 9.10. The predicted octanol–water partition coefficient (Wildman–Crippen LogP) is 4.46. The SMILES string of the molecule is Cc1cc(Br)ccc1NCC(=O)Nc1cccc(Cl)c1. The number of aryl methyl sites for hydroxylation is 1. The Kier molecular flexibility index (Phi) is 5.04. The molecule has 2 aromatic carbocycles. The third-order valence-corrected chi connectivity index (χ3v) is 3.46. The second kappa shape index (κ2) is 6.77. The number of hydrogen-bond acceptors (Lipinski definition) is 2. The van der Waals surface area contributed by atoms with E-state index in [1.807, 2.05) is 25.1 Å². The van der Waals surface area contributed by atoms with Crippen molar-refractivity contribution in [2.75, 3.05) is 17.2 Å². The van der Waals surface area contributed by atoms with Crippen LogP contribution >= 0.6 is 27.5 Å². The van der Waals surface area contributed by atoms with Gasteiger partial charge >= 0.3 is 0 Å². The fraction of sp³-hybridized carbons (Fsp3) is 0.133. The van der Waals surface area contributed by atoms with Gasteiger partial charge in [0.05, 0.1) is 6.54 Å². The molecule has 0 aliphatic rings. The first-order valence-corrected chi connectivity index (χ1v) is 7.27.